The van der Waals surface area contributed by atoms with Gasteiger partial charge in [-0.15, -0.1) is 0 Å². The third-order valence-corrected chi connectivity index (χ3v) is 3.56. The predicted octanol–water partition coefficient (Wildman–Crippen LogP) is 4.29. The first kappa shape index (κ1) is 17.6. The molecule has 4 nitrogen and oxygen atoms in total. The van der Waals surface area contributed by atoms with Gasteiger partial charge in [0.2, 0.25) is 11.8 Å². The van der Waals surface area contributed by atoms with Crippen molar-refractivity contribution < 1.29 is 9.59 Å². The Morgan fingerprint density at radius 3 is 2.04 bits per heavy atom. The molecule has 2 amide bonds. The maximum atomic E-state index is 11.8. The fraction of sp³-hybridized carbons (Fsp3) is 0.125. The van der Waals surface area contributed by atoms with Crippen LogP contribution in [0.25, 0.3) is 0 Å². The Bertz CT molecular complexity index is 698. The van der Waals surface area contributed by atoms with Gasteiger partial charge < -0.3 is 10.6 Å². The molecule has 120 valence electrons. The lowest BCUT2D eigenvalue weighted by atomic mass is 10.2. The van der Waals surface area contributed by atoms with Gasteiger partial charge in [-0.05, 0) is 35.9 Å². The van der Waals surface area contributed by atoms with Crippen LogP contribution >= 0.6 is 34.8 Å². The van der Waals surface area contributed by atoms with Crippen LogP contribution in [0, 0.1) is 0 Å². The molecular weight excluding hydrogens is 359 g/mol. The summed E-state index contributed by atoms with van der Waals surface area (Å²) < 4.78 is 0. The minimum Gasteiger partial charge on any atom is -0.352 e. The topological polar surface area (TPSA) is 58.2 Å². The molecule has 2 aromatic rings. The van der Waals surface area contributed by atoms with E-state index in [-0.39, 0.29) is 12.3 Å². The zero-order valence-corrected chi connectivity index (χ0v) is 14.2. The normalized spacial score (nSPS) is 10.2. The van der Waals surface area contributed by atoms with Crippen LogP contribution in [-0.4, -0.2) is 11.8 Å². The van der Waals surface area contributed by atoms with Crippen LogP contribution in [0.1, 0.15) is 12.0 Å². The maximum absolute atomic E-state index is 11.8. The fourth-order valence-electron chi connectivity index (χ4n) is 1.84. The van der Waals surface area contributed by atoms with Gasteiger partial charge in [0, 0.05) is 27.3 Å². The average Bonchev–Trinajstić information content (AvgIpc) is 2.45. The fourth-order valence-corrected chi connectivity index (χ4v) is 2.49. The molecule has 23 heavy (non-hydrogen) atoms. The number of carbonyl (C=O) groups is 2. The summed E-state index contributed by atoms with van der Waals surface area (Å²) in [5.74, 6) is -0.831. The van der Waals surface area contributed by atoms with Gasteiger partial charge in [-0.25, -0.2) is 0 Å². The SMILES string of the molecule is O=C(CC(=O)Nc1cc(Cl)cc(Cl)c1)NCc1ccc(Cl)cc1. The second-order valence-corrected chi connectivity index (χ2v) is 6.10. The molecule has 2 rings (SSSR count). The first-order valence-electron chi connectivity index (χ1n) is 6.69. The van der Waals surface area contributed by atoms with Gasteiger partial charge in [0.05, 0.1) is 0 Å². The van der Waals surface area contributed by atoms with Crippen LogP contribution in [0.2, 0.25) is 15.1 Å². The second kappa shape index (κ2) is 8.20. The van der Waals surface area contributed by atoms with E-state index in [0.29, 0.717) is 27.3 Å². The first-order chi connectivity index (χ1) is 10.9. The number of halogens is 3. The lowest BCUT2D eigenvalue weighted by molar-refractivity contribution is -0.126. The summed E-state index contributed by atoms with van der Waals surface area (Å²) in [6.07, 6.45) is -0.294. The summed E-state index contributed by atoms with van der Waals surface area (Å²) in [7, 11) is 0. The number of benzene rings is 2. The number of hydrogen-bond acceptors (Lipinski definition) is 2. The number of anilines is 1. The van der Waals surface area contributed by atoms with Crippen molar-refractivity contribution in [2.45, 2.75) is 13.0 Å². The van der Waals surface area contributed by atoms with E-state index in [9.17, 15) is 9.59 Å². The lowest BCUT2D eigenvalue weighted by Crippen LogP contribution is -2.27. The highest BCUT2D eigenvalue weighted by molar-refractivity contribution is 6.35. The van der Waals surface area contributed by atoms with Gasteiger partial charge in [-0.2, -0.15) is 0 Å². The zero-order valence-electron chi connectivity index (χ0n) is 11.9. The Kier molecular flexibility index (Phi) is 6.28. The molecule has 0 unspecified atom stereocenters. The molecule has 0 aliphatic carbocycles. The molecular formula is C16H13Cl3N2O2. The summed E-state index contributed by atoms with van der Waals surface area (Å²) in [6, 6.07) is 11.7. The first-order valence-corrected chi connectivity index (χ1v) is 7.83. The molecule has 0 saturated carbocycles. The maximum Gasteiger partial charge on any atom is 0.233 e. The van der Waals surface area contributed by atoms with Crippen molar-refractivity contribution in [2.75, 3.05) is 5.32 Å². The minimum absolute atomic E-state index is 0.294. The smallest absolute Gasteiger partial charge is 0.233 e. The Hall–Kier alpha value is -1.75. The molecule has 0 saturated heterocycles. The van der Waals surface area contributed by atoms with E-state index in [1.807, 2.05) is 0 Å². The molecule has 2 aromatic carbocycles. The van der Waals surface area contributed by atoms with Crippen LogP contribution in [0.5, 0.6) is 0 Å². The van der Waals surface area contributed by atoms with E-state index < -0.39 is 5.91 Å². The van der Waals surface area contributed by atoms with Gasteiger partial charge in [0.15, 0.2) is 0 Å². The quantitative estimate of drug-likeness (QED) is 0.770. The highest BCUT2D eigenvalue weighted by atomic mass is 35.5. The molecule has 0 bridgehead atoms. The van der Waals surface area contributed by atoms with Crippen LogP contribution in [-0.2, 0) is 16.1 Å². The monoisotopic (exact) mass is 370 g/mol. The highest BCUT2D eigenvalue weighted by Gasteiger charge is 2.10. The Labute approximate surface area is 148 Å². The van der Waals surface area contributed by atoms with Crippen molar-refractivity contribution in [3.8, 4) is 0 Å². The van der Waals surface area contributed by atoms with Crippen molar-refractivity contribution in [3.63, 3.8) is 0 Å². The van der Waals surface area contributed by atoms with Crippen LogP contribution < -0.4 is 10.6 Å². The zero-order chi connectivity index (χ0) is 16.8. The third kappa shape index (κ3) is 6.10. The van der Waals surface area contributed by atoms with Gasteiger partial charge >= 0.3 is 0 Å². The minimum atomic E-state index is -0.447. The largest absolute Gasteiger partial charge is 0.352 e. The molecule has 0 atom stereocenters. The van der Waals surface area contributed by atoms with Crippen molar-refractivity contribution in [1.82, 2.24) is 5.32 Å². The molecule has 0 aromatic heterocycles. The van der Waals surface area contributed by atoms with Gasteiger partial charge in [0.25, 0.3) is 0 Å². The van der Waals surface area contributed by atoms with E-state index >= 15 is 0 Å². The lowest BCUT2D eigenvalue weighted by Gasteiger charge is -2.07. The number of hydrogen-bond donors (Lipinski definition) is 2. The summed E-state index contributed by atoms with van der Waals surface area (Å²) in [6.45, 7) is 0.326. The molecule has 0 spiro atoms. The molecule has 7 heteroatoms. The summed E-state index contributed by atoms with van der Waals surface area (Å²) >= 11 is 17.5. The Morgan fingerprint density at radius 1 is 0.826 bits per heavy atom. The average molecular weight is 372 g/mol. The molecule has 0 radical (unpaired) electrons. The second-order valence-electron chi connectivity index (χ2n) is 4.79. The molecule has 0 fully saturated rings. The van der Waals surface area contributed by atoms with E-state index in [2.05, 4.69) is 10.6 Å². The summed E-state index contributed by atoms with van der Waals surface area (Å²) in [5, 5.41) is 6.67. The van der Waals surface area contributed by atoms with Crippen LogP contribution in [0.15, 0.2) is 42.5 Å². The van der Waals surface area contributed by atoms with Crippen LogP contribution in [0.4, 0.5) is 5.69 Å². The number of amides is 2. The van der Waals surface area contributed by atoms with Gasteiger partial charge in [-0.3, -0.25) is 9.59 Å². The summed E-state index contributed by atoms with van der Waals surface area (Å²) in [5.41, 5.74) is 1.34. The number of carbonyl (C=O) groups excluding carboxylic acids is 2. The van der Waals surface area contributed by atoms with E-state index in [4.69, 9.17) is 34.8 Å². The van der Waals surface area contributed by atoms with Crippen molar-refractivity contribution in [2.24, 2.45) is 0 Å². The highest BCUT2D eigenvalue weighted by Crippen LogP contribution is 2.22. The molecule has 0 aliphatic heterocycles. The van der Waals surface area contributed by atoms with Crippen molar-refractivity contribution in [3.05, 3.63) is 63.1 Å². The predicted molar refractivity (Wildman–Crippen MR) is 93.0 cm³/mol. The van der Waals surface area contributed by atoms with Crippen LogP contribution in [0.3, 0.4) is 0 Å². The van der Waals surface area contributed by atoms with Crippen molar-refractivity contribution in [1.29, 1.82) is 0 Å². The van der Waals surface area contributed by atoms with Crippen molar-refractivity contribution >= 4 is 52.3 Å². The number of nitrogens with one attached hydrogen (secondary N) is 2. The molecule has 2 N–H and O–H groups in total. The number of rotatable bonds is 5. The third-order valence-electron chi connectivity index (χ3n) is 2.87. The van der Waals surface area contributed by atoms with E-state index in [1.54, 1.807) is 42.5 Å². The van der Waals surface area contributed by atoms with E-state index in [1.165, 1.54) is 0 Å². The standard InChI is InChI=1S/C16H13Cl3N2O2/c17-11-3-1-10(2-4-11)9-20-15(22)8-16(23)21-14-6-12(18)5-13(19)7-14/h1-7H,8-9H2,(H,20,22)(H,21,23). The Balaban J connectivity index is 1.82. The van der Waals surface area contributed by atoms with Gasteiger partial charge in [-0.1, -0.05) is 46.9 Å². The Morgan fingerprint density at radius 2 is 1.43 bits per heavy atom. The van der Waals surface area contributed by atoms with Gasteiger partial charge in [0.1, 0.15) is 6.42 Å². The molecule has 0 heterocycles. The molecule has 0 aliphatic rings. The van der Waals surface area contributed by atoms with E-state index in [0.717, 1.165) is 5.56 Å². The summed E-state index contributed by atoms with van der Waals surface area (Å²) in [4.78, 5) is 23.6.